The highest BCUT2D eigenvalue weighted by Gasteiger charge is 2.31. The van der Waals surface area contributed by atoms with Crippen molar-refractivity contribution in [1.82, 2.24) is 5.32 Å². The van der Waals surface area contributed by atoms with E-state index in [-0.39, 0.29) is 11.3 Å². The summed E-state index contributed by atoms with van der Waals surface area (Å²) in [5.41, 5.74) is 2.51. The van der Waals surface area contributed by atoms with Crippen LogP contribution in [0.4, 0.5) is 20.6 Å². The maximum absolute atomic E-state index is 14.6. The van der Waals surface area contributed by atoms with E-state index < -0.39 is 23.9 Å². The van der Waals surface area contributed by atoms with Gasteiger partial charge in [-0.15, -0.1) is 0 Å². The number of para-hydroxylation sites is 1. The van der Waals surface area contributed by atoms with Gasteiger partial charge in [-0.1, -0.05) is 30.3 Å². The number of nitriles is 1. The molecule has 4 rings (SSSR count). The first-order valence-electron chi connectivity index (χ1n) is 9.75. The van der Waals surface area contributed by atoms with E-state index in [0.29, 0.717) is 22.5 Å². The Labute approximate surface area is 183 Å². The van der Waals surface area contributed by atoms with E-state index in [4.69, 9.17) is 5.26 Å². The number of carbonyl (C=O) groups excluding carboxylic acids is 2. The van der Waals surface area contributed by atoms with Gasteiger partial charge in [-0.2, -0.15) is 5.26 Å². The number of likely N-dealkylation sites (N-methyl/N-ethyl adjacent to an activating group) is 1. The number of benzodiazepines with no additional fused rings is 1. The van der Waals surface area contributed by atoms with Crippen molar-refractivity contribution in [1.29, 1.82) is 5.26 Å². The zero-order valence-corrected chi connectivity index (χ0v) is 17.0. The van der Waals surface area contributed by atoms with Crippen LogP contribution in [0.5, 0.6) is 0 Å². The van der Waals surface area contributed by atoms with Gasteiger partial charge in [0.05, 0.1) is 23.0 Å². The Kier molecular flexibility index (Phi) is 5.64. The van der Waals surface area contributed by atoms with Crippen molar-refractivity contribution in [2.24, 2.45) is 4.99 Å². The molecule has 1 aliphatic heterocycles. The van der Waals surface area contributed by atoms with Crippen molar-refractivity contribution in [3.8, 4) is 6.07 Å². The van der Waals surface area contributed by atoms with E-state index in [0.717, 1.165) is 0 Å². The van der Waals surface area contributed by atoms with Gasteiger partial charge in [-0.25, -0.2) is 14.2 Å². The van der Waals surface area contributed by atoms with Gasteiger partial charge in [-0.05, 0) is 42.5 Å². The van der Waals surface area contributed by atoms with Crippen molar-refractivity contribution >= 4 is 29.0 Å². The molecule has 2 N–H and O–H groups in total. The molecule has 0 radical (unpaired) electrons. The average Bonchev–Trinajstić information content (AvgIpc) is 2.91. The number of anilines is 2. The number of aliphatic imine (C=N–C) groups is 1. The van der Waals surface area contributed by atoms with Gasteiger partial charge in [0.15, 0.2) is 0 Å². The second-order valence-electron chi connectivity index (χ2n) is 7.06. The van der Waals surface area contributed by atoms with Gasteiger partial charge in [0, 0.05) is 23.9 Å². The predicted molar refractivity (Wildman–Crippen MR) is 119 cm³/mol. The molecule has 0 aromatic heterocycles. The number of urea groups is 1. The second-order valence-corrected chi connectivity index (χ2v) is 7.06. The minimum atomic E-state index is -1.28. The molecule has 1 aliphatic rings. The Hall–Kier alpha value is -4.51. The molecule has 3 aromatic rings. The first-order valence-corrected chi connectivity index (χ1v) is 9.75. The van der Waals surface area contributed by atoms with Crippen molar-refractivity contribution < 1.29 is 14.0 Å². The molecule has 3 amide bonds. The maximum atomic E-state index is 14.6. The fourth-order valence-corrected chi connectivity index (χ4v) is 3.40. The van der Waals surface area contributed by atoms with E-state index in [1.165, 1.54) is 11.0 Å². The normalized spacial score (nSPS) is 15.2. The van der Waals surface area contributed by atoms with Crippen LogP contribution >= 0.6 is 0 Å². The Balaban J connectivity index is 1.69. The molecular weight excluding hydrogens is 409 g/mol. The molecule has 0 fully saturated rings. The molecule has 158 valence electrons. The summed E-state index contributed by atoms with van der Waals surface area (Å²) in [5.74, 6) is -0.961. The lowest BCUT2D eigenvalue weighted by molar-refractivity contribution is -0.119. The molecule has 1 heterocycles. The molecule has 0 aliphatic carbocycles. The Morgan fingerprint density at radius 2 is 1.69 bits per heavy atom. The van der Waals surface area contributed by atoms with Gasteiger partial charge < -0.3 is 15.5 Å². The van der Waals surface area contributed by atoms with Crippen molar-refractivity contribution in [3.05, 3.63) is 95.3 Å². The highest BCUT2D eigenvalue weighted by Crippen LogP contribution is 2.28. The molecule has 3 aromatic carbocycles. The van der Waals surface area contributed by atoms with Gasteiger partial charge in [-0.3, -0.25) is 4.79 Å². The Morgan fingerprint density at radius 3 is 2.38 bits per heavy atom. The standard InChI is InChI=1S/C24H18FN5O2/c1-30-20-9-5-3-7-18(20)21(17-6-2-4-8-19(17)25)28-22(23(30)31)29-24(32)27-16-12-10-15(14-26)11-13-16/h2-13,22H,1H3,(H2,27,29,32). The lowest BCUT2D eigenvalue weighted by atomic mass is 10.00. The van der Waals surface area contributed by atoms with Crippen LogP contribution in [0.2, 0.25) is 0 Å². The summed E-state index contributed by atoms with van der Waals surface area (Å²) in [6.07, 6.45) is -1.28. The summed E-state index contributed by atoms with van der Waals surface area (Å²) in [7, 11) is 1.58. The van der Waals surface area contributed by atoms with E-state index >= 15 is 0 Å². The number of amides is 3. The number of fused-ring (bicyclic) bond motifs is 1. The summed E-state index contributed by atoms with van der Waals surface area (Å²) in [6, 6.07) is 20.8. The molecule has 0 bridgehead atoms. The third-order valence-electron chi connectivity index (χ3n) is 5.01. The molecule has 7 nitrogen and oxygen atoms in total. The zero-order chi connectivity index (χ0) is 22.7. The van der Waals surface area contributed by atoms with Crippen molar-refractivity contribution in [2.45, 2.75) is 6.17 Å². The number of hydrogen-bond acceptors (Lipinski definition) is 4. The highest BCUT2D eigenvalue weighted by molar-refractivity contribution is 6.20. The van der Waals surface area contributed by atoms with E-state index in [9.17, 15) is 14.0 Å². The first-order chi connectivity index (χ1) is 15.5. The summed E-state index contributed by atoms with van der Waals surface area (Å²) < 4.78 is 14.6. The molecule has 1 unspecified atom stereocenters. The molecule has 0 saturated carbocycles. The topological polar surface area (TPSA) is 97.6 Å². The van der Waals surface area contributed by atoms with Crippen LogP contribution in [0, 0.1) is 17.1 Å². The number of nitrogens with one attached hydrogen (secondary N) is 2. The van der Waals surface area contributed by atoms with Gasteiger partial charge in [0.1, 0.15) is 5.82 Å². The number of benzene rings is 3. The number of nitrogens with zero attached hydrogens (tertiary/aromatic N) is 3. The number of rotatable bonds is 3. The van der Waals surface area contributed by atoms with Gasteiger partial charge >= 0.3 is 6.03 Å². The number of carbonyl (C=O) groups is 2. The van der Waals surface area contributed by atoms with Gasteiger partial charge in [0.25, 0.3) is 5.91 Å². The van der Waals surface area contributed by atoms with E-state index in [1.807, 2.05) is 6.07 Å². The lowest BCUT2D eigenvalue weighted by Crippen LogP contribution is -2.47. The molecule has 0 spiro atoms. The lowest BCUT2D eigenvalue weighted by Gasteiger charge is -2.21. The van der Waals surface area contributed by atoms with Gasteiger partial charge in [0.2, 0.25) is 6.17 Å². The van der Waals surface area contributed by atoms with Crippen molar-refractivity contribution in [2.75, 3.05) is 17.3 Å². The summed E-state index contributed by atoms with van der Waals surface area (Å²) >= 11 is 0. The Morgan fingerprint density at radius 1 is 1.03 bits per heavy atom. The maximum Gasteiger partial charge on any atom is 0.321 e. The molecule has 32 heavy (non-hydrogen) atoms. The number of hydrogen-bond donors (Lipinski definition) is 2. The average molecular weight is 427 g/mol. The first kappa shape index (κ1) is 20.8. The van der Waals surface area contributed by atoms with E-state index in [2.05, 4.69) is 15.6 Å². The Bertz CT molecular complexity index is 1260. The summed E-state index contributed by atoms with van der Waals surface area (Å²) in [6.45, 7) is 0. The van der Waals surface area contributed by atoms with Crippen LogP contribution in [0.15, 0.2) is 77.8 Å². The smallest absolute Gasteiger partial charge is 0.311 e. The fraction of sp³-hybridized carbons (Fsp3) is 0.0833. The molecule has 8 heteroatoms. The second kappa shape index (κ2) is 8.70. The van der Waals surface area contributed by atoms with Crippen molar-refractivity contribution in [3.63, 3.8) is 0 Å². The quantitative estimate of drug-likeness (QED) is 0.668. The third kappa shape index (κ3) is 4.04. The monoisotopic (exact) mass is 427 g/mol. The van der Waals surface area contributed by atoms with Crippen LogP contribution in [0.25, 0.3) is 0 Å². The van der Waals surface area contributed by atoms with Crippen LogP contribution in [0.3, 0.4) is 0 Å². The van der Waals surface area contributed by atoms with E-state index in [1.54, 1.807) is 73.8 Å². The van der Waals surface area contributed by atoms with Crippen LogP contribution in [0.1, 0.15) is 16.7 Å². The summed E-state index contributed by atoms with van der Waals surface area (Å²) in [4.78, 5) is 31.5. The largest absolute Gasteiger partial charge is 0.321 e. The minimum absolute atomic E-state index is 0.224. The molecule has 1 atom stereocenters. The third-order valence-corrected chi connectivity index (χ3v) is 5.01. The van der Waals surface area contributed by atoms with Crippen LogP contribution < -0.4 is 15.5 Å². The predicted octanol–water partition coefficient (Wildman–Crippen LogP) is 3.66. The number of halogens is 1. The molecule has 0 saturated heterocycles. The highest BCUT2D eigenvalue weighted by atomic mass is 19.1. The minimum Gasteiger partial charge on any atom is -0.311 e. The zero-order valence-electron chi connectivity index (χ0n) is 17.0. The summed E-state index contributed by atoms with van der Waals surface area (Å²) in [5, 5.41) is 14.1. The van der Waals surface area contributed by atoms with Crippen LogP contribution in [-0.4, -0.2) is 30.9 Å². The van der Waals surface area contributed by atoms with Crippen LogP contribution in [-0.2, 0) is 4.79 Å². The molecular formula is C24H18FN5O2. The fourth-order valence-electron chi connectivity index (χ4n) is 3.40. The SMILES string of the molecule is CN1C(=O)C(NC(=O)Nc2ccc(C#N)cc2)N=C(c2ccccc2F)c2ccccc21.